The molecular weight excluding hydrogens is 164 g/mol. The van der Waals surface area contributed by atoms with Crippen LogP contribution < -0.4 is 0 Å². The van der Waals surface area contributed by atoms with Gasteiger partial charge in [-0.3, -0.25) is 0 Å². The van der Waals surface area contributed by atoms with E-state index in [0.29, 0.717) is 0 Å². The minimum absolute atomic E-state index is 0.278. The van der Waals surface area contributed by atoms with Gasteiger partial charge in [-0.1, -0.05) is 19.4 Å². The number of aryl methyl sites for hydroxylation is 1. The van der Waals surface area contributed by atoms with Gasteiger partial charge in [0.1, 0.15) is 0 Å². The molecule has 0 unspecified atom stereocenters. The summed E-state index contributed by atoms with van der Waals surface area (Å²) in [5.41, 5.74) is 3.28. The molecule has 1 aromatic rings. The molecule has 0 bridgehead atoms. The molecule has 0 atom stereocenters. The van der Waals surface area contributed by atoms with E-state index in [1.165, 1.54) is 20.9 Å². The largest absolute Gasteiger partial charge is 0.141 e. The Morgan fingerprint density at radius 3 is 2.50 bits per heavy atom. The standard InChI is InChI=1S/C11H14S/c1-7-5-10-9(11(7,3)4)6-8(2)12-10/h5-6H,1-4H3. The van der Waals surface area contributed by atoms with E-state index in [1.54, 1.807) is 0 Å². The van der Waals surface area contributed by atoms with Crippen molar-refractivity contribution in [2.45, 2.75) is 33.1 Å². The zero-order chi connectivity index (χ0) is 8.93. The fraction of sp³-hybridized carbons (Fsp3) is 0.455. The van der Waals surface area contributed by atoms with Crippen LogP contribution in [0.3, 0.4) is 0 Å². The molecule has 0 saturated heterocycles. The first-order valence-electron chi connectivity index (χ1n) is 4.31. The first-order chi connectivity index (χ1) is 5.51. The topological polar surface area (TPSA) is 0 Å². The first-order valence-corrected chi connectivity index (χ1v) is 5.13. The lowest BCUT2D eigenvalue weighted by Gasteiger charge is -2.20. The summed E-state index contributed by atoms with van der Waals surface area (Å²) in [4.78, 5) is 2.90. The zero-order valence-corrected chi connectivity index (χ0v) is 8.88. The number of fused-ring (bicyclic) bond motifs is 1. The second-order valence-corrected chi connectivity index (χ2v) is 5.38. The molecule has 2 rings (SSSR count). The SMILES string of the molecule is CC1=Cc2sc(C)cc2C1(C)C. The average Bonchev–Trinajstić information content (AvgIpc) is 2.38. The molecule has 0 nitrogen and oxygen atoms in total. The molecule has 1 aromatic heterocycles. The lowest BCUT2D eigenvalue weighted by atomic mass is 9.83. The van der Waals surface area contributed by atoms with Gasteiger partial charge in [0.05, 0.1) is 0 Å². The van der Waals surface area contributed by atoms with Crippen molar-refractivity contribution in [3.63, 3.8) is 0 Å². The zero-order valence-electron chi connectivity index (χ0n) is 8.06. The van der Waals surface area contributed by atoms with Crippen LogP contribution in [0, 0.1) is 6.92 Å². The Balaban J connectivity index is 2.64. The van der Waals surface area contributed by atoms with Gasteiger partial charge in [-0.05, 0) is 31.6 Å². The molecule has 0 aliphatic heterocycles. The molecule has 1 aliphatic rings. The minimum Gasteiger partial charge on any atom is -0.141 e. The summed E-state index contributed by atoms with van der Waals surface area (Å²) in [6.07, 6.45) is 2.33. The highest BCUT2D eigenvalue weighted by molar-refractivity contribution is 7.13. The smallest absolute Gasteiger partial charge is 0.0313 e. The van der Waals surface area contributed by atoms with Crippen molar-refractivity contribution in [2.24, 2.45) is 0 Å². The van der Waals surface area contributed by atoms with Crippen LogP contribution >= 0.6 is 11.3 Å². The van der Waals surface area contributed by atoms with E-state index in [1.807, 2.05) is 11.3 Å². The second-order valence-electron chi connectivity index (χ2n) is 4.09. The quantitative estimate of drug-likeness (QED) is 0.567. The van der Waals surface area contributed by atoms with E-state index in [4.69, 9.17) is 0 Å². The molecule has 0 saturated carbocycles. The number of thiophene rings is 1. The number of hydrogen-bond donors (Lipinski definition) is 0. The van der Waals surface area contributed by atoms with Crippen molar-refractivity contribution in [3.05, 3.63) is 27.0 Å². The summed E-state index contributed by atoms with van der Waals surface area (Å²) in [6.45, 7) is 9.01. The molecule has 1 aliphatic carbocycles. The van der Waals surface area contributed by atoms with E-state index in [9.17, 15) is 0 Å². The predicted octanol–water partition coefficient (Wildman–Crippen LogP) is 3.75. The van der Waals surface area contributed by atoms with Crippen molar-refractivity contribution in [1.29, 1.82) is 0 Å². The summed E-state index contributed by atoms with van der Waals surface area (Å²) >= 11 is 1.91. The minimum atomic E-state index is 0.278. The molecular formula is C11H14S. The number of hydrogen-bond acceptors (Lipinski definition) is 1. The van der Waals surface area contributed by atoms with Crippen LogP contribution in [0.25, 0.3) is 6.08 Å². The molecule has 64 valence electrons. The molecule has 0 radical (unpaired) electrons. The Bertz CT molecular complexity index is 353. The van der Waals surface area contributed by atoms with Crippen LogP contribution in [-0.2, 0) is 5.41 Å². The third kappa shape index (κ3) is 0.893. The van der Waals surface area contributed by atoms with E-state index < -0.39 is 0 Å². The Labute approximate surface area is 77.9 Å². The molecule has 0 aromatic carbocycles. The molecule has 12 heavy (non-hydrogen) atoms. The first kappa shape index (κ1) is 8.06. The van der Waals surface area contributed by atoms with Gasteiger partial charge in [-0.2, -0.15) is 0 Å². The molecule has 0 amide bonds. The van der Waals surface area contributed by atoms with Crippen LogP contribution in [0.2, 0.25) is 0 Å². The monoisotopic (exact) mass is 178 g/mol. The molecule has 1 heteroatoms. The number of allylic oxidation sites excluding steroid dienone is 1. The van der Waals surface area contributed by atoms with Crippen molar-refractivity contribution in [3.8, 4) is 0 Å². The van der Waals surface area contributed by atoms with E-state index >= 15 is 0 Å². The Morgan fingerprint density at radius 1 is 1.25 bits per heavy atom. The summed E-state index contributed by atoms with van der Waals surface area (Å²) in [5.74, 6) is 0. The maximum absolute atomic E-state index is 2.33. The normalized spacial score (nSPS) is 19.2. The Hall–Kier alpha value is -0.560. The van der Waals surface area contributed by atoms with Crippen LogP contribution in [0.4, 0.5) is 0 Å². The van der Waals surface area contributed by atoms with Gasteiger partial charge >= 0.3 is 0 Å². The summed E-state index contributed by atoms with van der Waals surface area (Å²) in [7, 11) is 0. The summed E-state index contributed by atoms with van der Waals surface area (Å²) < 4.78 is 0. The van der Waals surface area contributed by atoms with Gasteiger partial charge in [0.25, 0.3) is 0 Å². The van der Waals surface area contributed by atoms with E-state index in [0.717, 1.165) is 0 Å². The third-order valence-corrected chi connectivity index (χ3v) is 3.89. The van der Waals surface area contributed by atoms with E-state index in [-0.39, 0.29) is 5.41 Å². The van der Waals surface area contributed by atoms with Gasteiger partial charge in [0, 0.05) is 15.2 Å². The highest BCUT2D eigenvalue weighted by Gasteiger charge is 2.31. The van der Waals surface area contributed by atoms with Crippen LogP contribution in [0.1, 0.15) is 36.1 Å². The van der Waals surface area contributed by atoms with Crippen molar-refractivity contribution in [1.82, 2.24) is 0 Å². The fourth-order valence-corrected chi connectivity index (χ4v) is 2.90. The molecule has 0 N–H and O–H groups in total. The highest BCUT2D eigenvalue weighted by atomic mass is 32.1. The lowest BCUT2D eigenvalue weighted by molar-refractivity contribution is 0.641. The summed E-state index contributed by atoms with van der Waals surface area (Å²) in [6, 6.07) is 2.33. The maximum Gasteiger partial charge on any atom is 0.0313 e. The van der Waals surface area contributed by atoms with Gasteiger partial charge in [-0.25, -0.2) is 0 Å². The maximum atomic E-state index is 2.33. The van der Waals surface area contributed by atoms with Gasteiger partial charge in [0.2, 0.25) is 0 Å². The fourth-order valence-electron chi connectivity index (χ4n) is 1.72. The van der Waals surface area contributed by atoms with Gasteiger partial charge < -0.3 is 0 Å². The Morgan fingerprint density at radius 2 is 1.92 bits per heavy atom. The second kappa shape index (κ2) is 2.23. The third-order valence-electron chi connectivity index (χ3n) is 2.89. The molecule has 0 fully saturated rings. The Kier molecular flexibility index (Phi) is 1.50. The lowest BCUT2D eigenvalue weighted by Crippen LogP contribution is -2.14. The number of rotatable bonds is 0. The average molecular weight is 178 g/mol. The van der Waals surface area contributed by atoms with E-state index in [2.05, 4.69) is 39.8 Å². The highest BCUT2D eigenvalue weighted by Crippen LogP contribution is 2.44. The molecule has 1 heterocycles. The summed E-state index contributed by atoms with van der Waals surface area (Å²) in [5, 5.41) is 0. The van der Waals surface area contributed by atoms with Crippen molar-refractivity contribution in [2.75, 3.05) is 0 Å². The van der Waals surface area contributed by atoms with Crippen molar-refractivity contribution < 1.29 is 0 Å². The van der Waals surface area contributed by atoms with Crippen molar-refractivity contribution >= 4 is 17.4 Å². The van der Waals surface area contributed by atoms with Crippen LogP contribution in [0.15, 0.2) is 11.6 Å². The predicted molar refractivity (Wildman–Crippen MR) is 55.7 cm³/mol. The van der Waals surface area contributed by atoms with Gasteiger partial charge in [-0.15, -0.1) is 11.3 Å². The van der Waals surface area contributed by atoms with Gasteiger partial charge in [0.15, 0.2) is 0 Å². The van der Waals surface area contributed by atoms with Crippen LogP contribution in [0.5, 0.6) is 0 Å². The molecule has 0 spiro atoms. The van der Waals surface area contributed by atoms with Crippen LogP contribution in [-0.4, -0.2) is 0 Å².